The fraction of sp³-hybridized carbons (Fsp3) is 0. The Labute approximate surface area is 326 Å². The third kappa shape index (κ3) is 4.96. The Kier molecular flexibility index (Phi) is 6.86. The zero-order chi connectivity index (χ0) is 37.5. The van der Waals surface area contributed by atoms with Crippen LogP contribution in [-0.2, 0) is 0 Å². The Morgan fingerprint density at radius 2 is 0.895 bits per heavy atom. The van der Waals surface area contributed by atoms with Gasteiger partial charge < -0.3 is 13.4 Å². The highest BCUT2D eigenvalue weighted by atomic mass is 16.3. The van der Waals surface area contributed by atoms with Gasteiger partial charge in [-0.05, 0) is 54.1 Å². The van der Waals surface area contributed by atoms with Gasteiger partial charge in [0.25, 0.3) is 0 Å². The molecule has 12 aromatic rings. The van der Waals surface area contributed by atoms with E-state index in [-0.39, 0.29) is 0 Å². The van der Waals surface area contributed by atoms with Gasteiger partial charge in [-0.15, -0.1) is 0 Å². The first-order chi connectivity index (χ1) is 28.2. The van der Waals surface area contributed by atoms with Crippen LogP contribution in [0.5, 0.6) is 0 Å². The molecule has 0 radical (unpaired) electrons. The highest BCUT2D eigenvalue weighted by Crippen LogP contribution is 2.43. The van der Waals surface area contributed by atoms with Gasteiger partial charge in [0, 0.05) is 60.8 Å². The summed E-state index contributed by atoms with van der Waals surface area (Å²) in [5.74, 6) is 0.613. The Bertz CT molecular complexity index is 3450. The predicted octanol–water partition coefficient (Wildman–Crippen LogP) is 14.0. The molecule has 5 nitrogen and oxygen atoms in total. The Morgan fingerprint density at radius 1 is 0.351 bits per heavy atom. The van der Waals surface area contributed by atoms with Crippen molar-refractivity contribution in [1.29, 1.82) is 0 Å². The molecule has 0 aliphatic heterocycles. The van der Waals surface area contributed by atoms with Gasteiger partial charge in [0.05, 0.1) is 28.0 Å². The number of furan rings is 2. The maximum absolute atomic E-state index is 6.77. The van der Waals surface area contributed by atoms with Crippen molar-refractivity contribution in [2.75, 3.05) is 0 Å². The van der Waals surface area contributed by atoms with Crippen LogP contribution in [0.15, 0.2) is 197 Å². The van der Waals surface area contributed by atoms with Crippen molar-refractivity contribution < 1.29 is 8.83 Å². The molecule has 0 aliphatic carbocycles. The van der Waals surface area contributed by atoms with E-state index in [0.717, 1.165) is 88.8 Å². The molecule has 12 rings (SSSR count). The fourth-order valence-corrected chi connectivity index (χ4v) is 8.57. The van der Waals surface area contributed by atoms with Crippen molar-refractivity contribution in [2.24, 2.45) is 0 Å². The van der Waals surface area contributed by atoms with E-state index in [2.05, 4.69) is 144 Å². The lowest BCUT2D eigenvalue weighted by Gasteiger charge is -2.09. The van der Waals surface area contributed by atoms with Gasteiger partial charge in [0.1, 0.15) is 22.3 Å². The van der Waals surface area contributed by atoms with Gasteiger partial charge in [-0.1, -0.05) is 133 Å². The first-order valence-electron chi connectivity index (χ1n) is 19.1. The first kappa shape index (κ1) is 31.6. The maximum Gasteiger partial charge on any atom is 0.164 e. The second kappa shape index (κ2) is 12.4. The second-order valence-corrected chi connectivity index (χ2v) is 14.5. The maximum atomic E-state index is 6.77. The van der Waals surface area contributed by atoms with E-state index < -0.39 is 0 Å². The van der Waals surface area contributed by atoms with Crippen molar-refractivity contribution in [1.82, 2.24) is 14.5 Å². The predicted molar refractivity (Wildman–Crippen MR) is 233 cm³/mol. The summed E-state index contributed by atoms with van der Waals surface area (Å²) in [4.78, 5) is 10.2. The van der Waals surface area contributed by atoms with Gasteiger partial charge >= 0.3 is 0 Å². The molecule has 4 aromatic heterocycles. The summed E-state index contributed by atoms with van der Waals surface area (Å²) in [6.45, 7) is 0. The largest absolute Gasteiger partial charge is 0.455 e. The molecular formula is C52H31N3O2. The summed E-state index contributed by atoms with van der Waals surface area (Å²) in [6, 6.07) is 65.4. The van der Waals surface area contributed by atoms with Crippen LogP contribution in [0.4, 0.5) is 0 Å². The van der Waals surface area contributed by atoms with Crippen LogP contribution >= 0.6 is 0 Å². The number of hydrogen-bond donors (Lipinski definition) is 0. The molecule has 5 heteroatoms. The Hall–Kier alpha value is -7.76. The van der Waals surface area contributed by atoms with Crippen LogP contribution in [0.1, 0.15) is 0 Å². The zero-order valence-corrected chi connectivity index (χ0v) is 30.6. The van der Waals surface area contributed by atoms with Crippen molar-refractivity contribution >= 4 is 65.7 Å². The summed E-state index contributed by atoms with van der Waals surface area (Å²) in [7, 11) is 0. The minimum absolute atomic E-state index is 0.613. The molecule has 0 spiro atoms. The summed E-state index contributed by atoms with van der Waals surface area (Å²) < 4.78 is 15.8. The van der Waals surface area contributed by atoms with Crippen LogP contribution in [0.2, 0.25) is 0 Å². The molecular weight excluding hydrogens is 699 g/mol. The van der Waals surface area contributed by atoms with E-state index >= 15 is 0 Å². The molecule has 0 aliphatic rings. The SMILES string of the molecule is c1ccc(-c2cc(-c3ccccc3)nc(-c3cccc4c3oc3cc5oc6c(-c7ccc8c(c7)c7ccccc7n8-c7ccccc7)cccc6c5cc34)n2)cc1. The minimum Gasteiger partial charge on any atom is -0.455 e. The fourth-order valence-electron chi connectivity index (χ4n) is 8.57. The summed E-state index contributed by atoms with van der Waals surface area (Å²) in [6.07, 6.45) is 0. The first-order valence-corrected chi connectivity index (χ1v) is 19.1. The number of para-hydroxylation sites is 4. The van der Waals surface area contributed by atoms with E-state index in [9.17, 15) is 0 Å². The topological polar surface area (TPSA) is 57.0 Å². The quantitative estimate of drug-likeness (QED) is 0.177. The average molecular weight is 730 g/mol. The number of nitrogens with zero attached hydrogens (tertiary/aromatic N) is 3. The summed E-state index contributed by atoms with van der Waals surface area (Å²) in [5.41, 5.74) is 13.4. The summed E-state index contributed by atoms with van der Waals surface area (Å²) >= 11 is 0. The van der Waals surface area contributed by atoms with Gasteiger partial charge in [-0.3, -0.25) is 0 Å². The van der Waals surface area contributed by atoms with E-state index in [1.807, 2.05) is 48.5 Å². The lowest BCUT2D eigenvalue weighted by Crippen LogP contribution is -1.96. The van der Waals surface area contributed by atoms with Gasteiger partial charge in [0.15, 0.2) is 5.82 Å². The number of rotatable bonds is 5. The number of aromatic nitrogens is 3. The number of fused-ring (bicyclic) bond motifs is 9. The van der Waals surface area contributed by atoms with E-state index in [1.165, 1.54) is 21.8 Å². The molecule has 0 N–H and O–H groups in total. The smallest absolute Gasteiger partial charge is 0.164 e. The second-order valence-electron chi connectivity index (χ2n) is 14.5. The van der Waals surface area contributed by atoms with Crippen molar-refractivity contribution in [3.63, 3.8) is 0 Å². The molecule has 0 amide bonds. The molecule has 266 valence electrons. The third-order valence-corrected chi connectivity index (χ3v) is 11.2. The molecule has 0 atom stereocenters. The van der Waals surface area contributed by atoms with E-state index in [4.69, 9.17) is 18.8 Å². The molecule has 0 saturated carbocycles. The standard InChI is InChI=1S/C52H31N3O2/c1-4-14-32(15-5-1)44-30-45(33-16-6-2-7-17-33)54-52(53-44)40-24-13-23-39-43-29-42-38-22-12-21-36(50(38)56-48(42)31-49(43)57-51(39)40)34-26-27-47-41(28-34)37-20-10-11-25-46(37)55(47)35-18-8-3-9-19-35/h1-31H. The monoisotopic (exact) mass is 729 g/mol. The van der Waals surface area contributed by atoms with Crippen molar-refractivity contribution in [3.8, 4) is 50.7 Å². The number of benzene rings is 8. The molecule has 8 aromatic carbocycles. The van der Waals surface area contributed by atoms with Gasteiger partial charge in [-0.2, -0.15) is 0 Å². The van der Waals surface area contributed by atoms with E-state index in [0.29, 0.717) is 5.82 Å². The number of hydrogen-bond acceptors (Lipinski definition) is 4. The highest BCUT2D eigenvalue weighted by molar-refractivity contribution is 6.18. The molecule has 4 heterocycles. The molecule has 0 unspecified atom stereocenters. The molecule has 0 bridgehead atoms. The van der Waals surface area contributed by atoms with E-state index in [1.54, 1.807) is 0 Å². The van der Waals surface area contributed by atoms with Gasteiger partial charge in [-0.25, -0.2) is 9.97 Å². The molecule has 0 fully saturated rings. The lowest BCUT2D eigenvalue weighted by molar-refractivity contribution is 0.657. The van der Waals surface area contributed by atoms with Crippen molar-refractivity contribution in [2.45, 2.75) is 0 Å². The Morgan fingerprint density at radius 3 is 1.56 bits per heavy atom. The molecule has 57 heavy (non-hydrogen) atoms. The van der Waals surface area contributed by atoms with Crippen LogP contribution in [0.3, 0.4) is 0 Å². The van der Waals surface area contributed by atoms with Crippen LogP contribution < -0.4 is 0 Å². The van der Waals surface area contributed by atoms with Crippen molar-refractivity contribution in [3.05, 3.63) is 188 Å². The highest BCUT2D eigenvalue weighted by Gasteiger charge is 2.21. The average Bonchev–Trinajstić information content (AvgIpc) is 3.95. The Balaban J connectivity index is 1.01. The molecule has 0 saturated heterocycles. The van der Waals surface area contributed by atoms with Crippen LogP contribution in [0, 0.1) is 0 Å². The van der Waals surface area contributed by atoms with Crippen LogP contribution in [0.25, 0.3) is 116 Å². The van der Waals surface area contributed by atoms with Crippen LogP contribution in [-0.4, -0.2) is 14.5 Å². The van der Waals surface area contributed by atoms with Gasteiger partial charge in [0.2, 0.25) is 0 Å². The zero-order valence-electron chi connectivity index (χ0n) is 30.6. The summed E-state index contributed by atoms with van der Waals surface area (Å²) in [5, 5.41) is 6.55. The minimum atomic E-state index is 0.613. The normalized spacial score (nSPS) is 11.9. The third-order valence-electron chi connectivity index (χ3n) is 11.2. The lowest BCUT2D eigenvalue weighted by atomic mass is 10.00.